The molecule has 1 aliphatic carbocycles. The number of carbonyl (C=O) groups is 2. The van der Waals surface area contributed by atoms with Crippen LogP contribution in [0.4, 0.5) is 0 Å². The highest BCUT2D eigenvalue weighted by Gasteiger charge is 2.27. The first-order chi connectivity index (χ1) is 11.6. The Labute approximate surface area is 139 Å². The quantitative estimate of drug-likeness (QED) is 0.870. The Morgan fingerprint density at radius 2 is 1.88 bits per heavy atom. The topological polar surface area (TPSA) is 97.1 Å². The Kier molecular flexibility index (Phi) is 4.88. The van der Waals surface area contributed by atoms with E-state index in [2.05, 4.69) is 15.6 Å². The van der Waals surface area contributed by atoms with Crippen LogP contribution in [0.2, 0.25) is 0 Å². The molecule has 1 aromatic heterocycles. The first kappa shape index (κ1) is 16.2. The fourth-order valence-corrected chi connectivity index (χ4v) is 2.99. The molecule has 126 valence electrons. The summed E-state index contributed by atoms with van der Waals surface area (Å²) in [6.07, 6.45) is 4.19. The molecule has 7 nitrogen and oxygen atoms in total. The van der Waals surface area contributed by atoms with E-state index in [-0.39, 0.29) is 23.6 Å². The minimum atomic E-state index is -0.747. The van der Waals surface area contributed by atoms with Gasteiger partial charge in [0, 0.05) is 6.04 Å². The number of rotatable bonds is 5. The lowest BCUT2D eigenvalue weighted by atomic mass is 9.86. The summed E-state index contributed by atoms with van der Waals surface area (Å²) in [4.78, 5) is 23.2. The summed E-state index contributed by atoms with van der Waals surface area (Å²) in [5.41, 5.74) is 1.37. The van der Waals surface area contributed by atoms with Gasteiger partial charge >= 0.3 is 5.97 Å². The number of hydrogen-bond donors (Lipinski definition) is 2. The average Bonchev–Trinajstić information content (AvgIpc) is 3.05. The number of hydrogen-bond acceptors (Lipinski definition) is 4. The Morgan fingerprint density at radius 1 is 1.17 bits per heavy atom. The SMILES string of the molecule is O=C(NC1CCC(C(=O)O)CC1)c1cn(Cc2ccccc2)nn1. The summed E-state index contributed by atoms with van der Waals surface area (Å²) >= 11 is 0. The third-order valence-electron chi connectivity index (χ3n) is 4.37. The molecule has 2 aromatic rings. The molecule has 1 aliphatic rings. The minimum absolute atomic E-state index is 0.00683. The van der Waals surface area contributed by atoms with Crippen molar-refractivity contribution in [1.82, 2.24) is 20.3 Å². The number of carboxylic acids is 1. The first-order valence-corrected chi connectivity index (χ1v) is 8.09. The second-order valence-electron chi connectivity index (χ2n) is 6.15. The van der Waals surface area contributed by atoms with E-state index in [9.17, 15) is 9.59 Å². The highest BCUT2D eigenvalue weighted by atomic mass is 16.4. The van der Waals surface area contributed by atoms with Gasteiger partial charge in [-0.15, -0.1) is 5.10 Å². The van der Waals surface area contributed by atoms with Crippen LogP contribution in [0.15, 0.2) is 36.5 Å². The number of aromatic nitrogens is 3. The van der Waals surface area contributed by atoms with Crippen LogP contribution >= 0.6 is 0 Å². The zero-order chi connectivity index (χ0) is 16.9. The second-order valence-corrected chi connectivity index (χ2v) is 6.15. The van der Waals surface area contributed by atoms with Crippen LogP contribution in [0.5, 0.6) is 0 Å². The molecule has 0 radical (unpaired) electrons. The van der Waals surface area contributed by atoms with Crippen LogP contribution in [0.1, 0.15) is 41.7 Å². The third-order valence-corrected chi connectivity index (χ3v) is 4.37. The predicted molar refractivity (Wildman–Crippen MR) is 86.4 cm³/mol. The molecule has 0 spiro atoms. The zero-order valence-corrected chi connectivity index (χ0v) is 13.3. The summed E-state index contributed by atoms with van der Waals surface area (Å²) in [5, 5.41) is 19.8. The number of nitrogens with one attached hydrogen (secondary N) is 1. The van der Waals surface area contributed by atoms with Crippen molar-refractivity contribution in [2.75, 3.05) is 0 Å². The number of carbonyl (C=O) groups excluding carboxylic acids is 1. The van der Waals surface area contributed by atoms with Crippen molar-refractivity contribution in [2.24, 2.45) is 5.92 Å². The molecule has 24 heavy (non-hydrogen) atoms. The molecule has 1 fully saturated rings. The van der Waals surface area contributed by atoms with Crippen molar-refractivity contribution < 1.29 is 14.7 Å². The van der Waals surface area contributed by atoms with Crippen LogP contribution in [0.25, 0.3) is 0 Å². The van der Waals surface area contributed by atoms with E-state index in [0.717, 1.165) is 5.56 Å². The third kappa shape index (κ3) is 3.98. The van der Waals surface area contributed by atoms with Crippen LogP contribution in [0.3, 0.4) is 0 Å². The van der Waals surface area contributed by atoms with E-state index in [0.29, 0.717) is 32.2 Å². The monoisotopic (exact) mass is 328 g/mol. The molecular weight excluding hydrogens is 308 g/mol. The van der Waals surface area contributed by atoms with Gasteiger partial charge < -0.3 is 10.4 Å². The van der Waals surface area contributed by atoms with Crippen molar-refractivity contribution in [3.8, 4) is 0 Å². The summed E-state index contributed by atoms with van der Waals surface area (Å²) in [6.45, 7) is 0.560. The standard InChI is InChI=1S/C17H20N4O3/c22-16(18-14-8-6-13(7-9-14)17(23)24)15-11-21(20-19-15)10-12-4-2-1-3-5-12/h1-5,11,13-14H,6-10H2,(H,18,22)(H,23,24). The Bertz CT molecular complexity index is 706. The zero-order valence-electron chi connectivity index (χ0n) is 13.3. The van der Waals surface area contributed by atoms with Crippen LogP contribution in [-0.4, -0.2) is 38.0 Å². The fourth-order valence-electron chi connectivity index (χ4n) is 2.99. The summed E-state index contributed by atoms with van der Waals surface area (Å²) in [6, 6.07) is 9.83. The maximum Gasteiger partial charge on any atom is 0.306 e. The number of aliphatic carboxylic acids is 1. The predicted octanol–water partition coefficient (Wildman–Crippen LogP) is 1.70. The lowest BCUT2D eigenvalue weighted by Gasteiger charge is -2.26. The maximum absolute atomic E-state index is 12.3. The van der Waals surface area contributed by atoms with E-state index < -0.39 is 5.97 Å². The van der Waals surface area contributed by atoms with E-state index >= 15 is 0 Å². The molecular formula is C17H20N4O3. The lowest BCUT2D eigenvalue weighted by molar-refractivity contribution is -0.142. The molecule has 7 heteroatoms. The second kappa shape index (κ2) is 7.25. The number of carboxylic acid groups (broad SMARTS) is 1. The van der Waals surface area contributed by atoms with Crippen molar-refractivity contribution in [1.29, 1.82) is 0 Å². The highest BCUT2D eigenvalue weighted by molar-refractivity contribution is 5.92. The first-order valence-electron chi connectivity index (χ1n) is 8.09. The van der Waals surface area contributed by atoms with Gasteiger partial charge in [0.15, 0.2) is 5.69 Å². The van der Waals surface area contributed by atoms with Crippen LogP contribution in [-0.2, 0) is 11.3 Å². The van der Waals surface area contributed by atoms with Gasteiger partial charge in [-0.1, -0.05) is 35.5 Å². The van der Waals surface area contributed by atoms with Gasteiger partial charge in [-0.2, -0.15) is 0 Å². The van der Waals surface area contributed by atoms with Gasteiger partial charge in [0.2, 0.25) is 0 Å². The normalized spacial score (nSPS) is 20.5. The lowest BCUT2D eigenvalue weighted by Crippen LogP contribution is -2.38. The van der Waals surface area contributed by atoms with Gasteiger partial charge in [0.05, 0.1) is 18.7 Å². The van der Waals surface area contributed by atoms with Gasteiger partial charge in [-0.3, -0.25) is 9.59 Å². The van der Waals surface area contributed by atoms with Crippen molar-refractivity contribution in [2.45, 2.75) is 38.3 Å². The van der Waals surface area contributed by atoms with Crippen molar-refractivity contribution in [3.05, 3.63) is 47.8 Å². The van der Waals surface area contributed by atoms with E-state index in [1.807, 2.05) is 30.3 Å². The van der Waals surface area contributed by atoms with Gasteiger partial charge in [0.25, 0.3) is 5.91 Å². The molecule has 3 rings (SSSR count). The van der Waals surface area contributed by atoms with Crippen LogP contribution in [0, 0.1) is 5.92 Å². The van der Waals surface area contributed by atoms with E-state index in [4.69, 9.17) is 5.11 Å². The molecule has 0 bridgehead atoms. The van der Waals surface area contributed by atoms with Crippen molar-refractivity contribution in [3.63, 3.8) is 0 Å². The minimum Gasteiger partial charge on any atom is -0.481 e. The molecule has 0 aliphatic heterocycles. The molecule has 1 heterocycles. The van der Waals surface area contributed by atoms with Crippen LogP contribution < -0.4 is 5.32 Å². The molecule has 0 atom stereocenters. The largest absolute Gasteiger partial charge is 0.481 e. The number of benzene rings is 1. The smallest absolute Gasteiger partial charge is 0.306 e. The van der Waals surface area contributed by atoms with E-state index in [1.165, 1.54) is 0 Å². The van der Waals surface area contributed by atoms with Gasteiger partial charge in [0.1, 0.15) is 0 Å². The Balaban J connectivity index is 1.54. The van der Waals surface area contributed by atoms with Gasteiger partial charge in [-0.05, 0) is 31.2 Å². The number of nitrogens with zero attached hydrogens (tertiary/aromatic N) is 3. The molecule has 1 amide bonds. The number of amides is 1. The molecule has 1 saturated carbocycles. The molecule has 2 N–H and O–H groups in total. The molecule has 1 aromatic carbocycles. The molecule has 0 unspecified atom stereocenters. The average molecular weight is 328 g/mol. The van der Waals surface area contributed by atoms with Gasteiger partial charge in [-0.25, -0.2) is 4.68 Å². The van der Waals surface area contributed by atoms with Crippen molar-refractivity contribution >= 4 is 11.9 Å². The Hall–Kier alpha value is -2.70. The molecule has 0 saturated heterocycles. The Morgan fingerprint density at radius 3 is 2.54 bits per heavy atom. The maximum atomic E-state index is 12.3. The summed E-state index contributed by atoms with van der Waals surface area (Å²) in [7, 11) is 0. The summed E-state index contributed by atoms with van der Waals surface area (Å²) in [5.74, 6) is -1.29. The fraction of sp³-hybridized carbons (Fsp3) is 0.412. The summed E-state index contributed by atoms with van der Waals surface area (Å²) < 4.78 is 1.63. The van der Waals surface area contributed by atoms with E-state index in [1.54, 1.807) is 10.9 Å². The highest BCUT2D eigenvalue weighted by Crippen LogP contribution is 2.24.